The minimum atomic E-state index is -1.29. The molecule has 0 unspecified atom stereocenters. The van der Waals surface area contributed by atoms with Crippen LogP contribution in [0.25, 0.3) is 11.1 Å². The van der Waals surface area contributed by atoms with Crippen molar-refractivity contribution in [2.75, 3.05) is 11.9 Å². The monoisotopic (exact) mass is 502 g/mol. The van der Waals surface area contributed by atoms with Gasteiger partial charge in [-0.05, 0) is 65.6 Å². The number of carbonyl (C=O) groups is 4. The van der Waals surface area contributed by atoms with Crippen molar-refractivity contribution in [1.29, 1.82) is 5.41 Å². The molecule has 0 fully saturated rings. The summed E-state index contributed by atoms with van der Waals surface area (Å²) in [7, 11) is 0. The van der Waals surface area contributed by atoms with E-state index in [1.165, 1.54) is 18.2 Å². The van der Waals surface area contributed by atoms with E-state index < -0.39 is 23.8 Å². The Kier molecular flexibility index (Phi) is 8.36. The van der Waals surface area contributed by atoms with E-state index in [1.807, 2.05) is 6.92 Å². The summed E-state index contributed by atoms with van der Waals surface area (Å²) in [6, 6.07) is 15.6. The van der Waals surface area contributed by atoms with Gasteiger partial charge in [-0.1, -0.05) is 25.1 Å². The number of aryl methyl sites for hydroxylation is 1. The van der Waals surface area contributed by atoms with Crippen LogP contribution in [0.15, 0.2) is 60.7 Å². The number of anilines is 1. The molecule has 0 aliphatic carbocycles. The fraction of sp³-hybridized carbons (Fsp3) is 0.148. The molecule has 0 heterocycles. The van der Waals surface area contributed by atoms with Gasteiger partial charge in [0.1, 0.15) is 5.84 Å². The van der Waals surface area contributed by atoms with Crippen LogP contribution in [0.1, 0.15) is 55.5 Å². The van der Waals surface area contributed by atoms with Gasteiger partial charge in [0.2, 0.25) is 0 Å². The lowest BCUT2D eigenvalue weighted by molar-refractivity contribution is -0.136. The number of amidine groups is 1. The molecule has 10 heteroatoms. The molecule has 0 saturated carbocycles. The van der Waals surface area contributed by atoms with Crippen LogP contribution in [-0.4, -0.2) is 46.3 Å². The van der Waals surface area contributed by atoms with Crippen molar-refractivity contribution in [3.63, 3.8) is 0 Å². The summed E-state index contributed by atoms with van der Waals surface area (Å²) >= 11 is 0. The maximum atomic E-state index is 13.3. The van der Waals surface area contributed by atoms with Crippen LogP contribution >= 0.6 is 0 Å². The number of hydrogen-bond donors (Lipinski definition) is 6. The predicted molar refractivity (Wildman–Crippen MR) is 138 cm³/mol. The third-order valence-corrected chi connectivity index (χ3v) is 5.62. The number of benzene rings is 3. The van der Waals surface area contributed by atoms with Gasteiger partial charge in [0.15, 0.2) is 0 Å². The number of nitrogen functional groups attached to an aromatic ring is 1. The number of nitrogens with two attached hydrogens (primary N) is 1. The van der Waals surface area contributed by atoms with Gasteiger partial charge in [0, 0.05) is 28.9 Å². The molecule has 0 radical (unpaired) electrons. The molecule has 0 aliphatic heterocycles. The first-order valence-corrected chi connectivity index (χ1v) is 11.4. The van der Waals surface area contributed by atoms with Crippen molar-refractivity contribution in [3.8, 4) is 11.1 Å². The normalized spacial score (nSPS) is 10.4. The number of rotatable bonds is 10. The number of carbonyl (C=O) groups excluding carboxylic acids is 2. The molecule has 7 N–H and O–H groups in total. The number of carboxylic acid groups (broad SMARTS) is 2. The largest absolute Gasteiger partial charge is 0.481 e. The van der Waals surface area contributed by atoms with Crippen molar-refractivity contribution in [3.05, 3.63) is 88.5 Å². The summed E-state index contributed by atoms with van der Waals surface area (Å²) in [6.45, 7) is 1.83. The summed E-state index contributed by atoms with van der Waals surface area (Å²) in [5, 5.41) is 31.3. The van der Waals surface area contributed by atoms with Crippen molar-refractivity contribution in [2.45, 2.75) is 19.8 Å². The summed E-state index contributed by atoms with van der Waals surface area (Å²) in [4.78, 5) is 48.5. The lowest BCUT2D eigenvalue weighted by Crippen LogP contribution is -2.26. The fourth-order valence-electron chi connectivity index (χ4n) is 3.65. The van der Waals surface area contributed by atoms with Gasteiger partial charge in [-0.15, -0.1) is 0 Å². The number of nitrogens with one attached hydrogen (secondary N) is 3. The molecule has 0 spiro atoms. The first kappa shape index (κ1) is 26.6. The van der Waals surface area contributed by atoms with E-state index in [1.54, 1.807) is 42.5 Å². The van der Waals surface area contributed by atoms with Crippen LogP contribution in [0, 0.1) is 5.41 Å². The third-order valence-electron chi connectivity index (χ3n) is 5.62. The lowest BCUT2D eigenvalue weighted by atomic mass is 9.91. The average molecular weight is 503 g/mol. The van der Waals surface area contributed by atoms with Crippen LogP contribution in [0.2, 0.25) is 0 Å². The minimum absolute atomic E-state index is 0.0493. The van der Waals surface area contributed by atoms with Crippen molar-refractivity contribution < 1.29 is 29.4 Å². The molecule has 10 nitrogen and oxygen atoms in total. The summed E-state index contributed by atoms with van der Waals surface area (Å²) in [5.74, 6) is -3.54. The van der Waals surface area contributed by atoms with E-state index >= 15 is 0 Å². The highest BCUT2D eigenvalue weighted by atomic mass is 16.4. The molecule has 3 rings (SSSR count). The highest BCUT2D eigenvalue weighted by Crippen LogP contribution is 2.30. The zero-order valence-corrected chi connectivity index (χ0v) is 20.0. The number of aliphatic carboxylic acids is 1. The Labute approximate surface area is 212 Å². The number of amides is 2. The Hall–Kier alpha value is -4.99. The maximum absolute atomic E-state index is 13.3. The Morgan fingerprint density at radius 3 is 2.05 bits per heavy atom. The molecule has 190 valence electrons. The van der Waals surface area contributed by atoms with Crippen molar-refractivity contribution in [2.24, 2.45) is 5.73 Å². The van der Waals surface area contributed by atoms with E-state index in [-0.39, 0.29) is 41.1 Å². The van der Waals surface area contributed by atoms with Gasteiger partial charge in [0.25, 0.3) is 11.8 Å². The second kappa shape index (κ2) is 11.6. The molecular formula is C27H26N4O6. The molecular weight excluding hydrogens is 476 g/mol. The Morgan fingerprint density at radius 2 is 1.46 bits per heavy atom. The molecule has 37 heavy (non-hydrogen) atoms. The fourth-order valence-corrected chi connectivity index (χ4v) is 3.65. The van der Waals surface area contributed by atoms with Crippen LogP contribution in [-0.2, 0) is 11.2 Å². The Balaban J connectivity index is 1.99. The summed E-state index contributed by atoms with van der Waals surface area (Å²) in [5.41, 5.74) is 8.04. The van der Waals surface area contributed by atoms with E-state index in [2.05, 4.69) is 10.6 Å². The quantitative estimate of drug-likeness (QED) is 0.181. The van der Waals surface area contributed by atoms with Crippen LogP contribution in [0.4, 0.5) is 5.69 Å². The van der Waals surface area contributed by atoms with Gasteiger partial charge < -0.3 is 26.6 Å². The van der Waals surface area contributed by atoms with Gasteiger partial charge in [-0.2, -0.15) is 0 Å². The van der Waals surface area contributed by atoms with Crippen molar-refractivity contribution in [1.82, 2.24) is 5.32 Å². The maximum Gasteiger partial charge on any atom is 0.336 e. The van der Waals surface area contributed by atoms with Gasteiger partial charge in [-0.3, -0.25) is 19.8 Å². The average Bonchev–Trinajstić information content (AvgIpc) is 2.87. The minimum Gasteiger partial charge on any atom is -0.481 e. The number of hydrogen-bond acceptors (Lipinski definition) is 5. The van der Waals surface area contributed by atoms with E-state index in [0.717, 1.165) is 5.56 Å². The van der Waals surface area contributed by atoms with Crippen LogP contribution in [0.3, 0.4) is 0 Å². The highest BCUT2D eigenvalue weighted by molar-refractivity contribution is 6.11. The highest BCUT2D eigenvalue weighted by Gasteiger charge is 2.21. The smallest absolute Gasteiger partial charge is 0.336 e. The van der Waals surface area contributed by atoms with Gasteiger partial charge in [-0.25, -0.2) is 4.79 Å². The Morgan fingerprint density at radius 1 is 0.838 bits per heavy atom. The van der Waals surface area contributed by atoms with Gasteiger partial charge >= 0.3 is 11.9 Å². The first-order valence-electron chi connectivity index (χ1n) is 11.4. The second-order valence-electron chi connectivity index (χ2n) is 8.14. The molecule has 3 aromatic carbocycles. The van der Waals surface area contributed by atoms with Gasteiger partial charge in [0.05, 0.1) is 12.0 Å². The zero-order valence-electron chi connectivity index (χ0n) is 20.0. The predicted octanol–water partition coefficient (Wildman–Crippen LogP) is 3.36. The van der Waals surface area contributed by atoms with E-state index in [4.69, 9.17) is 16.2 Å². The van der Waals surface area contributed by atoms with Crippen LogP contribution < -0.4 is 16.4 Å². The van der Waals surface area contributed by atoms with E-state index in [0.29, 0.717) is 23.2 Å². The molecule has 0 saturated heterocycles. The third kappa shape index (κ3) is 6.57. The molecule has 3 aromatic rings. The SMILES string of the molecule is CCc1ccc(-c2ccc(C(=O)NCCC(=O)O)cc2C(=O)O)c(C(=O)Nc2ccc(C(=N)N)cc2)c1. The van der Waals surface area contributed by atoms with Crippen LogP contribution in [0.5, 0.6) is 0 Å². The molecule has 0 atom stereocenters. The molecule has 0 bridgehead atoms. The lowest BCUT2D eigenvalue weighted by Gasteiger charge is -2.15. The molecule has 0 aliphatic rings. The zero-order chi connectivity index (χ0) is 27.1. The van der Waals surface area contributed by atoms with E-state index in [9.17, 15) is 24.3 Å². The summed E-state index contributed by atoms with van der Waals surface area (Å²) < 4.78 is 0. The second-order valence-corrected chi connectivity index (χ2v) is 8.14. The van der Waals surface area contributed by atoms with Crippen molar-refractivity contribution >= 4 is 35.3 Å². The summed E-state index contributed by atoms with van der Waals surface area (Å²) in [6.07, 6.45) is 0.379. The first-order chi connectivity index (χ1) is 17.6. The Bertz CT molecular complexity index is 1380. The standard InChI is InChI=1S/C27H26N4O6/c1-2-15-3-9-19(21(13-15)26(35)31-18-7-4-16(5-8-18)24(28)29)20-10-6-17(14-22(20)27(36)37)25(34)30-12-11-23(32)33/h3-10,13-14H,2,11-12H2,1H3,(H3,28,29)(H,30,34)(H,31,35)(H,32,33)(H,36,37). The number of aromatic carboxylic acids is 1. The topological polar surface area (TPSA) is 183 Å². The number of carboxylic acids is 2. The molecule has 2 amide bonds. The molecule has 0 aromatic heterocycles.